The molecule has 0 bridgehead atoms. The Morgan fingerprint density at radius 3 is 2.55 bits per heavy atom. The van der Waals surface area contributed by atoms with Crippen molar-refractivity contribution in [2.75, 3.05) is 0 Å². The number of hydrogen-bond acceptors (Lipinski definition) is 3. The maximum absolute atomic E-state index is 9.00. The Morgan fingerprint density at radius 2 is 2.09 bits per heavy atom. The Labute approximate surface area is 92.6 Å². The molecule has 11 heavy (non-hydrogen) atoms. The fraction of sp³-hybridized carbons (Fsp3) is 0. The van der Waals surface area contributed by atoms with Crippen molar-refractivity contribution < 1.29 is 5.11 Å². The molecule has 0 saturated heterocycles. The number of hydrogen-bond donors (Lipinski definition) is 2. The van der Waals surface area contributed by atoms with Crippen LogP contribution in [0.4, 0.5) is 0 Å². The third-order valence-corrected chi connectivity index (χ3v) is 1.48. The fourth-order valence-electron chi connectivity index (χ4n) is 0.593. The van der Waals surface area contributed by atoms with E-state index in [0.717, 1.165) is 0 Å². The summed E-state index contributed by atoms with van der Waals surface area (Å²) in [5.41, 5.74) is 0.440. The van der Waals surface area contributed by atoms with Gasteiger partial charge in [-0.2, -0.15) is 5.26 Å². The average molecular weight is 174 g/mol. The van der Waals surface area contributed by atoms with Gasteiger partial charge in [0.05, 0.1) is 11.6 Å². The minimum atomic E-state index is 0. The molecule has 1 aromatic rings. The van der Waals surface area contributed by atoms with E-state index in [0.29, 0.717) is 10.5 Å². The van der Waals surface area contributed by atoms with Crippen molar-refractivity contribution in [3.8, 4) is 11.8 Å². The van der Waals surface area contributed by atoms with Gasteiger partial charge in [-0.3, -0.25) is 0 Å². The molecule has 0 aromatic heterocycles. The molecule has 4 heteroatoms. The zero-order valence-electron chi connectivity index (χ0n) is 6.07. The second kappa shape index (κ2) is 4.68. The summed E-state index contributed by atoms with van der Waals surface area (Å²) < 4.78 is 0. The smallest absolute Gasteiger partial charge is 0.130 e. The molecule has 0 fully saturated rings. The number of aromatic hydroxyl groups is 1. The summed E-state index contributed by atoms with van der Waals surface area (Å²) in [6.45, 7) is 0. The third kappa shape index (κ3) is 2.76. The SMILES string of the molecule is N#Cc1ccc(S)c(O)c1.[Na]. The molecule has 0 aliphatic rings. The number of phenols is 1. The van der Waals surface area contributed by atoms with Crippen LogP contribution in [0.15, 0.2) is 23.1 Å². The van der Waals surface area contributed by atoms with Gasteiger partial charge in [0.2, 0.25) is 0 Å². The molecule has 1 N–H and O–H groups in total. The molecule has 0 atom stereocenters. The second-order valence-electron chi connectivity index (χ2n) is 1.82. The van der Waals surface area contributed by atoms with E-state index in [1.807, 2.05) is 6.07 Å². The molecule has 0 saturated carbocycles. The fourth-order valence-corrected chi connectivity index (χ4v) is 0.732. The van der Waals surface area contributed by atoms with Gasteiger partial charge in [-0.15, -0.1) is 12.6 Å². The molecule has 51 valence electrons. The Hall–Kier alpha value is -0.140. The van der Waals surface area contributed by atoms with Gasteiger partial charge in [0.15, 0.2) is 0 Å². The van der Waals surface area contributed by atoms with E-state index in [1.165, 1.54) is 6.07 Å². The van der Waals surface area contributed by atoms with Crippen LogP contribution >= 0.6 is 12.6 Å². The molecular formula is C7H5NNaOS. The number of benzene rings is 1. The summed E-state index contributed by atoms with van der Waals surface area (Å²) >= 11 is 3.92. The largest absolute Gasteiger partial charge is 0.507 e. The average Bonchev–Trinajstić information content (AvgIpc) is 1.95. The van der Waals surface area contributed by atoms with Crippen LogP contribution in [0, 0.1) is 11.3 Å². The monoisotopic (exact) mass is 174 g/mol. The Bertz CT molecular complexity index is 295. The normalized spacial score (nSPS) is 8.00. The van der Waals surface area contributed by atoms with E-state index in [2.05, 4.69) is 12.6 Å². The minimum Gasteiger partial charge on any atom is -0.507 e. The molecule has 0 spiro atoms. The van der Waals surface area contributed by atoms with E-state index in [-0.39, 0.29) is 35.3 Å². The standard InChI is InChI=1S/C7H5NOS.Na/c8-4-5-1-2-7(10)6(9)3-5;/h1-3,9-10H;. The van der Waals surface area contributed by atoms with Crippen molar-refractivity contribution in [2.45, 2.75) is 4.90 Å². The number of nitrogens with zero attached hydrogens (tertiary/aromatic N) is 1. The Kier molecular flexibility index (Phi) is 4.62. The first-order chi connectivity index (χ1) is 4.74. The van der Waals surface area contributed by atoms with E-state index >= 15 is 0 Å². The summed E-state index contributed by atoms with van der Waals surface area (Å²) in [4.78, 5) is 0.485. The zero-order valence-corrected chi connectivity index (χ0v) is 8.97. The van der Waals surface area contributed by atoms with Crippen molar-refractivity contribution >= 4 is 42.2 Å². The number of nitriles is 1. The molecule has 0 aliphatic carbocycles. The van der Waals surface area contributed by atoms with Gasteiger partial charge in [0, 0.05) is 34.5 Å². The third-order valence-electron chi connectivity index (χ3n) is 1.10. The first-order valence-electron chi connectivity index (χ1n) is 2.66. The molecule has 2 nitrogen and oxygen atoms in total. The van der Waals surface area contributed by atoms with Crippen LogP contribution in [-0.4, -0.2) is 34.7 Å². The van der Waals surface area contributed by atoms with E-state index in [9.17, 15) is 0 Å². The van der Waals surface area contributed by atoms with Crippen LogP contribution in [0.2, 0.25) is 0 Å². The van der Waals surface area contributed by atoms with Crippen molar-refractivity contribution in [1.82, 2.24) is 0 Å². The first kappa shape index (κ1) is 10.9. The maximum Gasteiger partial charge on any atom is 0.130 e. The zero-order chi connectivity index (χ0) is 7.56. The van der Waals surface area contributed by atoms with E-state index in [1.54, 1.807) is 12.1 Å². The maximum atomic E-state index is 9.00. The minimum absolute atomic E-state index is 0. The Balaban J connectivity index is 0.000001000. The van der Waals surface area contributed by atoms with Crippen LogP contribution in [0.1, 0.15) is 5.56 Å². The van der Waals surface area contributed by atoms with Gasteiger partial charge >= 0.3 is 0 Å². The number of thiol groups is 1. The molecule has 1 rings (SSSR count). The van der Waals surface area contributed by atoms with Gasteiger partial charge < -0.3 is 5.11 Å². The summed E-state index contributed by atoms with van der Waals surface area (Å²) in [7, 11) is 0. The first-order valence-corrected chi connectivity index (χ1v) is 3.11. The molecular weight excluding hydrogens is 169 g/mol. The van der Waals surface area contributed by atoms with Gasteiger partial charge in [-0.25, -0.2) is 0 Å². The van der Waals surface area contributed by atoms with Crippen LogP contribution in [0.3, 0.4) is 0 Å². The molecule has 1 aromatic carbocycles. The predicted octanol–water partition coefficient (Wildman–Crippen LogP) is 1.17. The van der Waals surface area contributed by atoms with Crippen LogP contribution in [0.5, 0.6) is 5.75 Å². The molecule has 0 amide bonds. The summed E-state index contributed by atoms with van der Waals surface area (Å²) in [5.74, 6) is 0.0439. The van der Waals surface area contributed by atoms with E-state index in [4.69, 9.17) is 10.4 Å². The summed E-state index contributed by atoms with van der Waals surface area (Å²) in [6.07, 6.45) is 0. The van der Waals surface area contributed by atoms with Crippen LogP contribution < -0.4 is 0 Å². The quantitative estimate of drug-likeness (QED) is 0.458. The molecule has 1 radical (unpaired) electrons. The topological polar surface area (TPSA) is 44.0 Å². The second-order valence-corrected chi connectivity index (χ2v) is 2.30. The Morgan fingerprint density at radius 1 is 1.45 bits per heavy atom. The summed E-state index contributed by atoms with van der Waals surface area (Å²) in [5, 5.41) is 17.4. The van der Waals surface area contributed by atoms with Gasteiger partial charge in [0.1, 0.15) is 5.75 Å². The number of rotatable bonds is 0. The molecule has 0 aliphatic heterocycles. The predicted molar refractivity (Wildman–Crippen MR) is 45.8 cm³/mol. The summed E-state index contributed by atoms with van der Waals surface area (Å²) in [6, 6.07) is 6.46. The van der Waals surface area contributed by atoms with Crippen molar-refractivity contribution in [2.24, 2.45) is 0 Å². The van der Waals surface area contributed by atoms with Crippen LogP contribution in [0.25, 0.3) is 0 Å². The van der Waals surface area contributed by atoms with Crippen molar-refractivity contribution in [3.05, 3.63) is 23.8 Å². The van der Waals surface area contributed by atoms with Gasteiger partial charge in [0.25, 0.3) is 0 Å². The molecule has 0 unspecified atom stereocenters. The number of phenolic OH excluding ortho intramolecular Hbond substituents is 1. The molecule has 0 heterocycles. The van der Waals surface area contributed by atoms with Crippen LogP contribution in [-0.2, 0) is 0 Å². The van der Waals surface area contributed by atoms with E-state index < -0.39 is 0 Å². The van der Waals surface area contributed by atoms with Crippen molar-refractivity contribution in [1.29, 1.82) is 5.26 Å². The van der Waals surface area contributed by atoms with Gasteiger partial charge in [-0.1, -0.05) is 0 Å². The van der Waals surface area contributed by atoms with Gasteiger partial charge in [-0.05, 0) is 18.2 Å². The van der Waals surface area contributed by atoms with Crippen molar-refractivity contribution in [3.63, 3.8) is 0 Å².